The summed E-state index contributed by atoms with van der Waals surface area (Å²) >= 11 is 0. The fraction of sp³-hybridized carbons (Fsp3) is 1.00. The van der Waals surface area contributed by atoms with Crippen molar-refractivity contribution in [3.63, 3.8) is 0 Å². The molecule has 0 aromatic carbocycles. The van der Waals surface area contributed by atoms with Crippen LogP contribution in [0.1, 0.15) is 45.4 Å². The van der Waals surface area contributed by atoms with Crippen LogP contribution in [-0.4, -0.2) is 38.1 Å². The molecule has 0 aromatic rings. The maximum atomic E-state index is 3.75. The Morgan fingerprint density at radius 3 is 2.60 bits per heavy atom. The molecule has 0 aliphatic heterocycles. The molecule has 2 atom stereocenters. The van der Waals surface area contributed by atoms with E-state index in [2.05, 4.69) is 31.2 Å². The van der Waals surface area contributed by atoms with Crippen molar-refractivity contribution < 1.29 is 0 Å². The second-order valence-corrected chi connectivity index (χ2v) is 5.17. The summed E-state index contributed by atoms with van der Waals surface area (Å²) < 4.78 is 0. The summed E-state index contributed by atoms with van der Waals surface area (Å²) in [6.45, 7) is 4.74. The van der Waals surface area contributed by atoms with E-state index in [1.54, 1.807) is 0 Å². The van der Waals surface area contributed by atoms with Gasteiger partial charge in [-0.05, 0) is 52.4 Å². The summed E-state index contributed by atoms with van der Waals surface area (Å²) in [6.07, 6.45) is 8.36. The van der Waals surface area contributed by atoms with Gasteiger partial charge in [0.2, 0.25) is 0 Å². The summed E-state index contributed by atoms with van der Waals surface area (Å²) in [5, 5.41) is 3.75. The van der Waals surface area contributed by atoms with E-state index in [0.717, 1.165) is 12.0 Å². The van der Waals surface area contributed by atoms with Crippen molar-refractivity contribution in [3.05, 3.63) is 0 Å². The summed E-state index contributed by atoms with van der Waals surface area (Å²) in [6, 6.07) is 0.811. The third-order valence-corrected chi connectivity index (χ3v) is 3.62. The highest BCUT2D eigenvalue weighted by Crippen LogP contribution is 2.26. The predicted octanol–water partition coefficient (Wildman–Crippen LogP) is 2.50. The Kier molecular flexibility index (Phi) is 6.26. The van der Waals surface area contributed by atoms with Crippen molar-refractivity contribution >= 4 is 0 Å². The highest BCUT2D eigenvalue weighted by atomic mass is 15.1. The van der Waals surface area contributed by atoms with E-state index in [1.807, 2.05) is 0 Å². The third-order valence-electron chi connectivity index (χ3n) is 3.62. The van der Waals surface area contributed by atoms with E-state index in [4.69, 9.17) is 0 Å². The molecular formula is C13H28N2. The Balaban J connectivity index is 2.12. The molecule has 0 amide bonds. The molecule has 1 N–H and O–H groups in total. The van der Waals surface area contributed by atoms with Crippen LogP contribution in [0.3, 0.4) is 0 Å². The molecular weight excluding hydrogens is 184 g/mol. The van der Waals surface area contributed by atoms with Crippen LogP contribution in [-0.2, 0) is 0 Å². The number of hydrogen-bond acceptors (Lipinski definition) is 2. The Bertz CT molecular complexity index is 157. The topological polar surface area (TPSA) is 15.3 Å². The Hall–Kier alpha value is -0.0800. The van der Waals surface area contributed by atoms with E-state index in [1.165, 1.54) is 51.6 Å². The zero-order valence-corrected chi connectivity index (χ0v) is 10.8. The lowest BCUT2D eigenvalue weighted by molar-refractivity contribution is 0.252. The first kappa shape index (κ1) is 13.0. The summed E-state index contributed by atoms with van der Waals surface area (Å²) in [5.74, 6) is 0.943. The van der Waals surface area contributed by atoms with E-state index >= 15 is 0 Å². The van der Waals surface area contributed by atoms with Gasteiger partial charge in [0.15, 0.2) is 0 Å². The summed E-state index contributed by atoms with van der Waals surface area (Å²) in [5.41, 5.74) is 0. The van der Waals surface area contributed by atoms with Crippen molar-refractivity contribution in [2.24, 2.45) is 5.92 Å². The smallest absolute Gasteiger partial charge is 0.00952 e. The molecule has 0 heterocycles. The largest absolute Gasteiger partial charge is 0.314 e. The zero-order chi connectivity index (χ0) is 11.1. The van der Waals surface area contributed by atoms with Gasteiger partial charge in [0.25, 0.3) is 0 Å². The lowest BCUT2D eigenvalue weighted by Gasteiger charge is -2.31. The van der Waals surface area contributed by atoms with E-state index in [9.17, 15) is 0 Å². The maximum absolute atomic E-state index is 3.75. The molecule has 1 aliphatic rings. The average molecular weight is 212 g/mol. The first-order valence-corrected chi connectivity index (χ1v) is 6.62. The second kappa shape index (κ2) is 7.24. The highest BCUT2D eigenvalue weighted by Gasteiger charge is 2.22. The first-order valence-electron chi connectivity index (χ1n) is 6.62. The van der Waals surface area contributed by atoms with Gasteiger partial charge < -0.3 is 10.2 Å². The van der Waals surface area contributed by atoms with Gasteiger partial charge in [-0.15, -0.1) is 0 Å². The van der Waals surface area contributed by atoms with Gasteiger partial charge in [-0.2, -0.15) is 0 Å². The number of nitrogens with one attached hydrogen (secondary N) is 1. The van der Waals surface area contributed by atoms with Crippen LogP contribution >= 0.6 is 0 Å². The molecule has 90 valence electrons. The molecule has 0 saturated heterocycles. The second-order valence-electron chi connectivity index (χ2n) is 5.17. The number of rotatable bonds is 6. The van der Waals surface area contributed by atoms with Gasteiger partial charge in [-0.1, -0.05) is 26.2 Å². The highest BCUT2D eigenvalue weighted by molar-refractivity contribution is 4.79. The van der Waals surface area contributed by atoms with Gasteiger partial charge in [-0.25, -0.2) is 0 Å². The van der Waals surface area contributed by atoms with Gasteiger partial charge in [0.05, 0.1) is 0 Å². The standard InChI is InChI=1S/C13H28N2/c1-4-12-8-5-6-9-13(12)14-10-7-11-15(2)3/h12-14H,4-11H2,1-3H3. The maximum Gasteiger partial charge on any atom is 0.00952 e. The monoisotopic (exact) mass is 212 g/mol. The van der Waals surface area contributed by atoms with Crippen molar-refractivity contribution in [2.75, 3.05) is 27.2 Å². The molecule has 1 fully saturated rings. The molecule has 1 saturated carbocycles. The van der Waals surface area contributed by atoms with Crippen LogP contribution < -0.4 is 5.32 Å². The predicted molar refractivity (Wildman–Crippen MR) is 67.2 cm³/mol. The van der Waals surface area contributed by atoms with Crippen LogP contribution in [0.25, 0.3) is 0 Å². The summed E-state index contributed by atoms with van der Waals surface area (Å²) in [7, 11) is 4.30. The van der Waals surface area contributed by atoms with E-state index in [-0.39, 0.29) is 0 Å². The Labute approximate surface area is 95.4 Å². The van der Waals surface area contributed by atoms with Crippen molar-refractivity contribution in [2.45, 2.75) is 51.5 Å². The molecule has 0 bridgehead atoms. The number of nitrogens with zero attached hydrogens (tertiary/aromatic N) is 1. The van der Waals surface area contributed by atoms with Gasteiger partial charge in [0, 0.05) is 6.04 Å². The van der Waals surface area contributed by atoms with E-state index < -0.39 is 0 Å². The van der Waals surface area contributed by atoms with Crippen LogP contribution in [0.15, 0.2) is 0 Å². The Morgan fingerprint density at radius 1 is 1.20 bits per heavy atom. The molecule has 1 rings (SSSR count). The lowest BCUT2D eigenvalue weighted by atomic mass is 9.83. The fourth-order valence-corrected chi connectivity index (χ4v) is 2.65. The minimum absolute atomic E-state index is 0.811. The quantitative estimate of drug-likeness (QED) is 0.681. The fourth-order valence-electron chi connectivity index (χ4n) is 2.65. The summed E-state index contributed by atoms with van der Waals surface area (Å²) in [4.78, 5) is 2.26. The molecule has 0 radical (unpaired) electrons. The number of hydrogen-bond donors (Lipinski definition) is 1. The van der Waals surface area contributed by atoms with Gasteiger partial charge >= 0.3 is 0 Å². The van der Waals surface area contributed by atoms with Crippen LogP contribution in [0, 0.1) is 5.92 Å². The Morgan fingerprint density at radius 2 is 1.93 bits per heavy atom. The molecule has 1 aliphatic carbocycles. The van der Waals surface area contributed by atoms with Crippen LogP contribution in [0.2, 0.25) is 0 Å². The molecule has 2 nitrogen and oxygen atoms in total. The molecule has 2 unspecified atom stereocenters. The average Bonchev–Trinajstić information content (AvgIpc) is 2.24. The SMILES string of the molecule is CCC1CCCCC1NCCCN(C)C. The van der Waals surface area contributed by atoms with Crippen LogP contribution in [0.4, 0.5) is 0 Å². The van der Waals surface area contributed by atoms with E-state index in [0.29, 0.717) is 0 Å². The lowest BCUT2D eigenvalue weighted by Crippen LogP contribution is -2.39. The molecule has 15 heavy (non-hydrogen) atoms. The van der Waals surface area contributed by atoms with Gasteiger partial charge in [-0.3, -0.25) is 0 Å². The van der Waals surface area contributed by atoms with Crippen molar-refractivity contribution in [1.29, 1.82) is 0 Å². The minimum atomic E-state index is 0.811. The molecule has 2 heteroatoms. The normalized spacial score (nSPS) is 27.2. The molecule has 0 aromatic heterocycles. The van der Waals surface area contributed by atoms with Gasteiger partial charge in [0.1, 0.15) is 0 Å². The van der Waals surface area contributed by atoms with Crippen molar-refractivity contribution in [3.8, 4) is 0 Å². The third kappa shape index (κ3) is 4.98. The first-order chi connectivity index (χ1) is 7.24. The van der Waals surface area contributed by atoms with Crippen LogP contribution in [0.5, 0.6) is 0 Å². The minimum Gasteiger partial charge on any atom is -0.314 e. The molecule has 0 spiro atoms. The zero-order valence-electron chi connectivity index (χ0n) is 10.8. The van der Waals surface area contributed by atoms with Crippen molar-refractivity contribution in [1.82, 2.24) is 10.2 Å².